The van der Waals surface area contributed by atoms with Crippen LogP contribution >= 0.6 is 15.9 Å². The fourth-order valence-electron chi connectivity index (χ4n) is 2.35. The van der Waals surface area contributed by atoms with Gasteiger partial charge in [0.25, 0.3) is 0 Å². The molecule has 0 atom stereocenters. The van der Waals surface area contributed by atoms with E-state index in [1.165, 1.54) is 0 Å². The van der Waals surface area contributed by atoms with E-state index in [1.54, 1.807) is 6.20 Å². The summed E-state index contributed by atoms with van der Waals surface area (Å²) in [5.41, 5.74) is 1.09. The molecule has 5 nitrogen and oxygen atoms in total. The first-order valence-corrected chi connectivity index (χ1v) is 9.82. The average Bonchev–Trinajstić information content (AvgIpc) is 2.57. The van der Waals surface area contributed by atoms with E-state index in [2.05, 4.69) is 51.0 Å². The van der Waals surface area contributed by atoms with Gasteiger partial charge in [-0.1, -0.05) is 13.8 Å². The van der Waals surface area contributed by atoms with Gasteiger partial charge in [0.1, 0.15) is 5.82 Å². The number of anilines is 1. The Kier molecular flexibility index (Phi) is 5.62. The summed E-state index contributed by atoms with van der Waals surface area (Å²) in [6, 6.07) is 2.44. The van der Waals surface area contributed by atoms with Crippen molar-refractivity contribution in [3.63, 3.8) is 0 Å². The summed E-state index contributed by atoms with van der Waals surface area (Å²) in [5, 5.41) is 3.39. The fraction of sp³-hybridized carbons (Fsp3) is 0.643. The molecule has 1 N–H and O–H groups in total. The average molecular weight is 376 g/mol. The highest BCUT2D eigenvalue weighted by Gasteiger charge is 2.21. The first-order valence-electron chi connectivity index (χ1n) is 7.20. The number of pyridine rings is 1. The van der Waals surface area contributed by atoms with E-state index in [0.29, 0.717) is 19.0 Å². The van der Waals surface area contributed by atoms with Crippen molar-refractivity contribution >= 4 is 31.6 Å². The minimum Gasteiger partial charge on any atom is -0.355 e. The first-order chi connectivity index (χ1) is 9.87. The Labute approximate surface area is 135 Å². The molecule has 1 saturated heterocycles. The maximum Gasteiger partial charge on any atom is 0.152 e. The first kappa shape index (κ1) is 16.7. The van der Waals surface area contributed by atoms with Gasteiger partial charge in [-0.2, -0.15) is 0 Å². The third-order valence-electron chi connectivity index (χ3n) is 3.47. The summed E-state index contributed by atoms with van der Waals surface area (Å²) in [4.78, 5) is 6.61. The zero-order valence-electron chi connectivity index (χ0n) is 12.5. The lowest BCUT2D eigenvalue weighted by Gasteiger charge is -2.24. The predicted octanol–water partition coefficient (Wildman–Crippen LogP) is 1.97. The molecule has 2 rings (SSSR count). The van der Waals surface area contributed by atoms with Crippen molar-refractivity contribution in [2.45, 2.75) is 32.9 Å². The lowest BCUT2D eigenvalue weighted by Crippen LogP contribution is -2.30. The van der Waals surface area contributed by atoms with Crippen LogP contribution < -0.4 is 10.2 Å². The van der Waals surface area contributed by atoms with E-state index in [4.69, 9.17) is 0 Å². The Morgan fingerprint density at radius 2 is 2.14 bits per heavy atom. The summed E-state index contributed by atoms with van der Waals surface area (Å²) in [5.74, 6) is 1.38. The minimum absolute atomic E-state index is 0.210. The Morgan fingerprint density at radius 3 is 2.86 bits per heavy atom. The van der Waals surface area contributed by atoms with Gasteiger partial charge in [0.15, 0.2) is 9.84 Å². The van der Waals surface area contributed by atoms with E-state index in [1.807, 2.05) is 0 Å². The van der Waals surface area contributed by atoms with Crippen molar-refractivity contribution in [3.8, 4) is 0 Å². The van der Waals surface area contributed by atoms with E-state index in [9.17, 15) is 8.42 Å². The molecule has 0 bridgehead atoms. The van der Waals surface area contributed by atoms with E-state index < -0.39 is 9.84 Å². The number of nitrogens with one attached hydrogen (secondary N) is 1. The maximum absolute atomic E-state index is 11.7. The summed E-state index contributed by atoms with van der Waals surface area (Å²) >= 11 is 3.46. The standard InChI is InChI=1S/C14H22BrN3O2S/c1-11(2)16-9-12-8-13(15)10-17-14(12)18-4-3-6-21(19,20)7-5-18/h8,10-11,16H,3-7,9H2,1-2H3. The number of aromatic nitrogens is 1. The van der Waals surface area contributed by atoms with E-state index in [0.717, 1.165) is 28.9 Å². The summed E-state index contributed by atoms with van der Waals surface area (Å²) < 4.78 is 24.4. The van der Waals surface area contributed by atoms with Crippen molar-refractivity contribution < 1.29 is 8.42 Å². The quantitative estimate of drug-likeness (QED) is 0.871. The summed E-state index contributed by atoms with van der Waals surface area (Å²) in [6.07, 6.45) is 2.44. The monoisotopic (exact) mass is 375 g/mol. The SMILES string of the molecule is CC(C)NCc1cc(Br)cnc1N1CCCS(=O)(=O)CC1. The molecule has 1 aromatic rings. The van der Waals surface area contributed by atoms with Crippen molar-refractivity contribution in [1.82, 2.24) is 10.3 Å². The van der Waals surface area contributed by atoms with Gasteiger partial charge >= 0.3 is 0 Å². The molecule has 1 aromatic heterocycles. The van der Waals surface area contributed by atoms with Crippen molar-refractivity contribution in [3.05, 3.63) is 22.3 Å². The topological polar surface area (TPSA) is 62.3 Å². The van der Waals surface area contributed by atoms with Crippen molar-refractivity contribution in [1.29, 1.82) is 0 Å². The Bertz CT molecular complexity index is 590. The number of hydrogen-bond donors (Lipinski definition) is 1. The normalized spacial score (nSPS) is 18.8. The Balaban J connectivity index is 2.21. The number of rotatable bonds is 4. The fourth-order valence-corrected chi connectivity index (χ4v) is 4.00. The largest absolute Gasteiger partial charge is 0.355 e. The third-order valence-corrected chi connectivity index (χ3v) is 5.61. The molecule has 2 heterocycles. The van der Waals surface area contributed by atoms with Crippen LogP contribution in [0.2, 0.25) is 0 Å². The molecule has 7 heteroatoms. The van der Waals surface area contributed by atoms with Crippen molar-refractivity contribution in [2.24, 2.45) is 0 Å². The van der Waals surface area contributed by atoms with Gasteiger partial charge < -0.3 is 10.2 Å². The second-order valence-corrected chi connectivity index (χ2v) is 8.88. The van der Waals surface area contributed by atoms with Crippen LogP contribution in [0.3, 0.4) is 0 Å². The van der Waals surface area contributed by atoms with Crippen LogP contribution in [0.5, 0.6) is 0 Å². The zero-order chi connectivity index (χ0) is 15.5. The molecule has 118 valence electrons. The van der Waals surface area contributed by atoms with Gasteiger partial charge in [-0.3, -0.25) is 0 Å². The molecule has 1 aliphatic heterocycles. The van der Waals surface area contributed by atoms with Crippen LogP contribution in [0.15, 0.2) is 16.7 Å². The molecule has 0 saturated carbocycles. The molecule has 1 fully saturated rings. The van der Waals surface area contributed by atoms with Crippen LogP contribution in [0, 0.1) is 0 Å². The van der Waals surface area contributed by atoms with Crippen molar-refractivity contribution in [2.75, 3.05) is 29.5 Å². The van der Waals surface area contributed by atoms with Gasteiger partial charge in [0.2, 0.25) is 0 Å². The molecule has 0 amide bonds. The van der Waals surface area contributed by atoms with Crippen LogP contribution in [0.4, 0.5) is 5.82 Å². The van der Waals surface area contributed by atoms with Gasteiger partial charge in [-0.15, -0.1) is 0 Å². The van der Waals surface area contributed by atoms with E-state index in [-0.39, 0.29) is 11.5 Å². The summed E-state index contributed by atoms with van der Waals surface area (Å²) in [7, 11) is -2.90. The molecule has 0 unspecified atom stereocenters. The Morgan fingerprint density at radius 1 is 1.38 bits per heavy atom. The van der Waals surface area contributed by atoms with Gasteiger partial charge in [0, 0.05) is 41.9 Å². The molecule has 1 aliphatic rings. The number of nitrogens with zero attached hydrogens (tertiary/aromatic N) is 2. The number of hydrogen-bond acceptors (Lipinski definition) is 5. The highest BCUT2D eigenvalue weighted by atomic mass is 79.9. The van der Waals surface area contributed by atoms with Crippen LogP contribution in [-0.4, -0.2) is 44.0 Å². The highest BCUT2D eigenvalue weighted by molar-refractivity contribution is 9.10. The second-order valence-electron chi connectivity index (χ2n) is 5.66. The zero-order valence-corrected chi connectivity index (χ0v) is 14.9. The molecule has 0 aromatic carbocycles. The van der Waals surface area contributed by atoms with Gasteiger partial charge in [0.05, 0.1) is 11.5 Å². The molecular weight excluding hydrogens is 354 g/mol. The van der Waals surface area contributed by atoms with Crippen LogP contribution in [-0.2, 0) is 16.4 Å². The number of sulfone groups is 1. The summed E-state index contributed by atoms with van der Waals surface area (Å²) in [6.45, 7) is 6.18. The molecule has 0 aliphatic carbocycles. The number of halogens is 1. The van der Waals surface area contributed by atoms with Crippen LogP contribution in [0.25, 0.3) is 0 Å². The molecule has 0 spiro atoms. The second kappa shape index (κ2) is 7.07. The minimum atomic E-state index is -2.90. The Hall–Kier alpha value is -0.660. The molecule has 0 radical (unpaired) electrons. The van der Waals surface area contributed by atoms with Crippen LogP contribution in [0.1, 0.15) is 25.8 Å². The molecular formula is C14H22BrN3O2S. The maximum atomic E-state index is 11.7. The lowest BCUT2D eigenvalue weighted by atomic mass is 10.2. The lowest BCUT2D eigenvalue weighted by molar-refractivity contribution is 0.586. The predicted molar refractivity (Wildman–Crippen MR) is 89.4 cm³/mol. The van der Waals surface area contributed by atoms with E-state index >= 15 is 0 Å². The third kappa shape index (κ3) is 4.93. The van der Waals surface area contributed by atoms with Gasteiger partial charge in [-0.25, -0.2) is 13.4 Å². The highest BCUT2D eigenvalue weighted by Crippen LogP contribution is 2.23. The van der Waals surface area contributed by atoms with Gasteiger partial charge in [-0.05, 0) is 28.4 Å². The smallest absolute Gasteiger partial charge is 0.152 e. The molecule has 21 heavy (non-hydrogen) atoms.